The molecule has 1 radical (unpaired) electrons. The molecule has 0 spiro atoms. The molecule has 0 bridgehead atoms. The molecule has 0 aliphatic rings. The molecular weight excluding hydrogens is 106 g/mol. The lowest BCUT2D eigenvalue weighted by Crippen LogP contribution is -2.04. The van der Waals surface area contributed by atoms with Gasteiger partial charge in [-0.1, -0.05) is 0 Å². The first-order valence-corrected chi connectivity index (χ1v) is 2.46. The molecule has 0 aromatic heterocycles. The molecule has 8 heavy (non-hydrogen) atoms. The maximum absolute atomic E-state index is 10.2. The molecule has 0 atom stereocenters. The van der Waals surface area contributed by atoms with Crippen molar-refractivity contribution < 1.29 is 9.53 Å². The summed E-state index contributed by atoms with van der Waals surface area (Å²) in [7, 11) is 2.95. The topological polar surface area (TPSA) is 52.3 Å². The van der Waals surface area contributed by atoms with Gasteiger partial charge >= 0.3 is 5.97 Å². The van der Waals surface area contributed by atoms with Crippen molar-refractivity contribution in [2.45, 2.75) is 12.8 Å². The minimum atomic E-state index is -0.296. The smallest absolute Gasteiger partial charge is 0.305 e. The van der Waals surface area contributed by atoms with Crippen LogP contribution in [0.4, 0.5) is 0 Å². The van der Waals surface area contributed by atoms with Crippen LogP contribution in [0.25, 0.3) is 0 Å². The molecule has 0 saturated heterocycles. The van der Waals surface area contributed by atoms with Gasteiger partial charge in [-0.3, -0.25) is 4.79 Å². The molecule has 0 heterocycles. The maximum Gasteiger partial charge on any atom is 0.305 e. The number of carbonyl (C=O) groups is 1. The van der Waals surface area contributed by atoms with Crippen LogP contribution in [0.2, 0.25) is 0 Å². The minimum absolute atomic E-state index is 0.296. The van der Waals surface area contributed by atoms with E-state index in [4.69, 9.17) is 5.73 Å². The SMILES string of the molecule is [CH2]OC(=O)CCCN. The summed E-state index contributed by atoms with van der Waals surface area (Å²) < 4.78 is 4.11. The van der Waals surface area contributed by atoms with Crippen molar-refractivity contribution >= 4 is 5.97 Å². The zero-order chi connectivity index (χ0) is 6.41. The van der Waals surface area contributed by atoms with Crippen molar-refractivity contribution in [2.24, 2.45) is 5.73 Å². The molecule has 0 unspecified atom stereocenters. The van der Waals surface area contributed by atoms with Gasteiger partial charge in [0.15, 0.2) is 0 Å². The molecule has 47 valence electrons. The molecule has 0 fully saturated rings. The van der Waals surface area contributed by atoms with E-state index in [9.17, 15) is 4.79 Å². The van der Waals surface area contributed by atoms with E-state index < -0.39 is 0 Å². The number of esters is 1. The molecule has 3 heteroatoms. The Hall–Kier alpha value is -0.570. The van der Waals surface area contributed by atoms with Crippen LogP contribution in [-0.2, 0) is 9.53 Å². The third-order valence-electron chi connectivity index (χ3n) is 0.746. The Bertz CT molecular complexity index is 72.8. The second-order valence-corrected chi connectivity index (χ2v) is 1.41. The Morgan fingerprint density at radius 2 is 2.38 bits per heavy atom. The molecular formula is C5H10NO2. The van der Waals surface area contributed by atoms with Gasteiger partial charge in [0.2, 0.25) is 0 Å². The Morgan fingerprint density at radius 1 is 1.75 bits per heavy atom. The molecule has 0 saturated carbocycles. The summed E-state index contributed by atoms with van der Waals surface area (Å²) in [6, 6.07) is 0. The number of ether oxygens (including phenoxy) is 1. The van der Waals surface area contributed by atoms with Gasteiger partial charge in [-0.05, 0) is 13.0 Å². The van der Waals surface area contributed by atoms with E-state index in [2.05, 4.69) is 11.8 Å². The summed E-state index contributed by atoms with van der Waals surface area (Å²) in [5.41, 5.74) is 5.10. The second kappa shape index (κ2) is 4.59. The number of carbonyl (C=O) groups excluding carboxylic acids is 1. The standard InChI is InChI=1S/C5H10NO2/c1-8-5(7)3-2-4-6/h1-4,6H2. The summed E-state index contributed by atoms with van der Waals surface area (Å²) in [5, 5.41) is 0. The molecule has 2 N–H and O–H groups in total. The average molecular weight is 116 g/mol. The zero-order valence-electron chi connectivity index (χ0n) is 4.72. The summed E-state index contributed by atoms with van der Waals surface area (Å²) in [5.74, 6) is -0.296. The van der Waals surface area contributed by atoms with Gasteiger partial charge in [-0.25, -0.2) is 0 Å². The van der Waals surface area contributed by atoms with Crippen LogP contribution in [0, 0.1) is 7.11 Å². The van der Waals surface area contributed by atoms with Crippen LogP contribution < -0.4 is 5.73 Å². The molecule has 0 aromatic carbocycles. The van der Waals surface area contributed by atoms with Gasteiger partial charge in [0.05, 0.1) is 0 Å². The number of hydrogen-bond donors (Lipinski definition) is 1. The highest BCUT2D eigenvalue weighted by molar-refractivity contribution is 5.69. The predicted molar refractivity (Wildman–Crippen MR) is 29.7 cm³/mol. The first-order chi connectivity index (χ1) is 3.81. The Labute approximate surface area is 48.8 Å². The first-order valence-electron chi connectivity index (χ1n) is 2.46. The molecule has 0 rings (SSSR count). The van der Waals surface area contributed by atoms with E-state index in [0.29, 0.717) is 19.4 Å². The highest BCUT2D eigenvalue weighted by Crippen LogP contribution is 1.87. The highest BCUT2D eigenvalue weighted by Gasteiger charge is 1.95. The fraction of sp³-hybridized carbons (Fsp3) is 0.600. The second-order valence-electron chi connectivity index (χ2n) is 1.41. The minimum Gasteiger partial charge on any atom is -0.462 e. The van der Waals surface area contributed by atoms with Crippen molar-refractivity contribution in [3.05, 3.63) is 7.11 Å². The average Bonchev–Trinajstić information content (AvgIpc) is 1.83. The summed E-state index contributed by atoms with van der Waals surface area (Å²) >= 11 is 0. The molecule has 0 aromatic rings. The number of hydrogen-bond acceptors (Lipinski definition) is 3. The Balaban J connectivity index is 2.99. The fourth-order valence-electron chi connectivity index (χ4n) is 0.319. The summed E-state index contributed by atoms with van der Waals surface area (Å²) in [6.07, 6.45) is 1.05. The van der Waals surface area contributed by atoms with E-state index in [1.807, 2.05) is 0 Å². The van der Waals surface area contributed by atoms with Crippen LogP contribution in [0.15, 0.2) is 0 Å². The lowest BCUT2D eigenvalue weighted by Gasteiger charge is -1.93. The number of rotatable bonds is 3. The molecule has 0 aliphatic carbocycles. The third-order valence-corrected chi connectivity index (χ3v) is 0.746. The predicted octanol–water partition coefficient (Wildman–Crippen LogP) is 0.0601. The largest absolute Gasteiger partial charge is 0.462 e. The van der Waals surface area contributed by atoms with Gasteiger partial charge in [0.1, 0.15) is 7.11 Å². The summed E-state index contributed by atoms with van der Waals surface area (Å²) in [6.45, 7) is 0.523. The molecule has 3 nitrogen and oxygen atoms in total. The van der Waals surface area contributed by atoms with Gasteiger partial charge < -0.3 is 10.5 Å². The van der Waals surface area contributed by atoms with Crippen LogP contribution in [0.5, 0.6) is 0 Å². The van der Waals surface area contributed by atoms with Gasteiger partial charge in [-0.15, -0.1) is 0 Å². The van der Waals surface area contributed by atoms with E-state index >= 15 is 0 Å². The van der Waals surface area contributed by atoms with Crippen LogP contribution in [-0.4, -0.2) is 12.5 Å². The van der Waals surface area contributed by atoms with Crippen LogP contribution in [0.1, 0.15) is 12.8 Å². The van der Waals surface area contributed by atoms with Crippen LogP contribution in [0.3, 0.4) is 0 Å². The van der Waals surface area contributed by atoms with E-state index in [1.54, 1.807) is 0 Å². The van der Waals surface area contributed by atoms with E-state index in [-0.39, 0.29) is 5.97 Å². The lowest BCUT2D eigenvalue weighted by molar-refractivity contribution is -0.138. The quantitative estimate of drug-likeness (QED) is 0.530. The van der Waals surface area contributed by atoms with Crippen LogP contribution >= 0.6 is 0 Å². The normalized spacial score (nSPS) is 8.75. The first kappa shape index (κ1) is 7.43. The lowest BCUT2D eigenvalue weighted by atomic mass is 10.3. The Kier molecular flexibility index (Phi) is 4.26. The fourth-order valence-corrected chi connectivity index (χ4v) is 0.319. The van der Waals surface area contributed by atoms with Gasteiger partial charge in [-0.2, -0.15) is 0 Å². The van der Waals surface area contributed by atoms with Crippen molar-refractivity contribution in [1.82, 2.24) is 0 Å². The Morgan fingerprint density at radius 3 is 2.75 bits per heavy atom. The highest BCUT2D eigenvalue weighted by atomic mass is 16.5. The van der Waals surface area contributed by atoms with Gasteiger partial charge in [0, 0.05) is 6.42 Å². The molecule has 0 amide bonds. The third kappa shape index (κ3) is 3.61. The van der Waals surface area contributed by atoms with Crippen molar-refractivity contribution in [1.29, 1.82) is 0 Å². The maximum atomic E-state index is 10.2. The monoisotopic (exact) mass is 116 g/mol. The van der Waals surface area contributed by atoms with Crippen molar-refractivity contribution in [3.63, 3.8) is 0 Å². The zero-order valence-corrected chi connectivity index (χ0v) is 4.72. The van der Waals surface area contributed by atoms with E-state index in [1.165, 1.54) is 0 Å². The van der Waals surface area contributed by atoms with Gasteiger partial charge in [0.25, 0.3) is 0 Å². The van der Waals surface area contributed by atoms with E-state index in [0.717, 1.165) is 0 Å². The molecule has 0 aliphatic heterocycles. The van der Waals surface area contributed by atoms with Crippen molar-refractivity contribution in [2.75, 3.05) is 6.54 Å². The van der Waals surface area contributed by atoms with Crippen molar-refractivity contribution in [3.8, 4) is 0 Å². The number of nitrogens with two attached hydrogens (primary N) is 1. The summed E-state index contributed by atoms with van der Waals surface area (Å²) in [4.78, 5) is 10.2.